The van der Waals surface area contributed by atoms with Crippen molar-refractivity contribution < 1.29 is 22.7 Å². The van der Waals surface area contributed by atoms with Gasteiger partial charge in [-0.25, -0.2) is 4.98 Å². The largest absolute Gasteiger partial charge is 0.416 e. The molecule has 2 N–H and O–H groups in total. The molecule has 0 atom stereocenters. The highest BCUT2D eigenvalue weighted by molar-refractivity contribution is 6.04. The van der Waals surface area contributed by atoms with Gasteiger partial charge in [0, 0.05) is 31.7 Å². The number of hydrogen-bond acceptors (Lipinski definition) is 5. The molecule has 2 aromatic rings. The van der Waals surface area contributed by atoms with Crippen LogP contribution in [0.3, 0.4) is 0 Å². The minimum atomic E-state index is -4.43. The molecule has 0 unspecified atom stereocenters. The lowest BCUT2D eigenvalue weighted by molar-refractivity contribution is -0.137. The molecule has 9 heteroatoms. The number of hydrogen-bond donors (Lipinski definition) is 2. The SMILES string of the molecule is O=C(Nc1ccc(NCCN2CCOCC2)nc1)c1ccc(C(F)(F)F)cc1. The van der Waals surface area contributed by atoms with Gasteiger partial charge in [0.25, 0.3) is 5.91 Å². The Balaban J connectivity index is 1.48. The molecule has 1 fully saturated rings. The maximum atomic E-state index is 12.6. The first kappa shape index (κ1) is 20.1. The number of ether oxygens (including phenoxy) is 1. The Morgan fingerprint density at radius 3 is 2.43 bits per heavy atom. The van der Waals surface area contributed by atoms with Crippen LogP contribution in [0.15, 0.2) is 42.6 Å². The molecule has 1 saturated heterocycles. The summed E-state index contributed by atoms with van der Waals surface area (Å²) in [5.74, 6) is 0.185. The highest BCUT2D eigenvalue weighted by atomic mass is 19.4. The van der Waals surface area contributed by atoms with Crippen molar-refractivity contribution in [1.82, 2.24) is 9.88 Å². The zero-order valence-electron chi connectivity index (χ0n) is 15.1. The summed E-state index contributed by atoms with van der Waals surface area (Å²) >= 11 is 0. The molecule has 0 radical (unpaired) electrons. The fraction of sp³-hybridized carbons (Fsp3) is 0.368. The lowest BCUT2D eigenvalue weighted by Crippen LogP contribution is -2.39. The molecule has 6 nitrogen and oxygen atoms in total. The molecule has 28 heavy (non-hydrogen) atoms. The van der Waals surface area contributed by atoms with Crippen molar-refractivity contribution >= 4 is 17.4 Å². The van der Waals surface area contributed by atoms with Crippen molar-refractivity contribution in [3.63, 3.8) is 0 Å². The number of aromatic nitrogens is 1. The van der Waals surface area contributed by atoms with Gasteiger partial charge in [0.05, 0.1) is 30.7 Å². The predicted octanol–water partition coefficient (Wildman–Crippen LogP) is 3.10. The van der Waals surface area contributed by atoms with Gasteiger partial charge in [-0.1, -0.05) is 0 Å². The fourth-order valence-corrected chi connectivity index (χ4v) is 2.75. The van der Waals surface area contributed by atoms with E-state index >= 15 is 0 Å². The van der Waals surface area contributed by atoms with Crippen molar-refractivity contribution in [2.24, 2.45) is 0 Å². The number of anilines is 2. The Bertz CT molecular complexity index is 773. The zero-order chi connectivity index (χ0) is 20.0. The highest BCUT2D eigenvalue weighted by Gasteiger charge is 2.30. The van der Waals surface area contributed by atoms with Crippen LogP contribution in [0.2, 0.25) is 0 Å². The van der Waals surface area contributed by atoms with Gasteiger partial charge in [-0.3, -0.25) is 9.69 Å². The van der Waals surface area contributed by atoms with Gasteiger partial charge in [-0.05, 0) is 36.4 Å². The summed E-state index contributed by atoms with van der Waals surface area (Å²) in [5.41, 5.74) is -0.192. The maximum absolute atomic E-state index is 12.6. The summed E-state index contributed by atoms with van der Waals surface area (Å²) in [4.78, 5) is 18.7. The van der Waals surface area contributed by atoms with Crippen LogP contribution in [0.25, 0.3) is 0 Å². The van der Waals surface area contributed by atoms with Crippen LogP contribution < -0.4 is 10.6 Å². The van der Waals surface area contributed by atoms with E-state index in [4.69, 9.17) is 4.74 Å². The first-order valence-corrected chi connectivity index (χ1v) is 8.90. The van der Waals surface area contributed by atoms with Crippen LogP contribution >= 0.6 is 0 Å². The number of nitrogens with zero attached hydrogens (tertiary/aromatic N) is 2. The molecule has 0 spiro atoms. The first-order valence-electron chi connectivity index (χ1n) is 8.90. The molecular formula is C19H21F3N4O2. The average molecular weight is 394 g/mol. The van der Waals surface area contributed by atoms with E-state index in [0.29, 0.717) is 11.5 Å². The summed E-state index contributed by atoms with van der Waals surface area (Å²) in [7, 11) is 0. The van der Waals surface area contributed by atoms with Crippen molar-refractivity contribution in [2.45, 2.75) is 6.18 Å². The molecule has 0 saturated carbocycles. The van der Waals surface area contributed by atoms with Crippen LogP contribution in [-0.4, -0.2) is 55.2 Å². The van der Waals surface area contributed by atoms with E-state index in [1.807, 2.05) is 0 Å². The second kappa shape index (κ2) is 9.03. The molecule has 3 rings (SSSR count). The van der Waals surface area contributed by atoms with Crippen LogP contribution in [0, 0.1) is 0 Å². The van der Waals surface area contributed by atoms with E-state index < -0.39 is 17.6 Å². The third-order valence-corrected chi connectivity index (χ3v) is 4.33. The molecule has 0 bridgehead atoms. The summed E-state index contributed by atoms with van der Waals surface area (Å²) in [5, 5.41) is 5.83. The van der Waals surface area contributed by atoms with E-state index in [1.54, 1.807) is 12.1 Å². The first-order chi connectivity index (χ1) is 13.4. The summed E-state index contributed by atoms with van der Waals surface area (Å²) < 4.78 is 43.0. The average Bonchev–Trinajstić information content (AvgIpc) is 2.69. The molecule has 1 amide bonds. The number of carbonyl (C=O) groups is 1. The number of alkyl halides is 3. The van der Waals surface area contributed by atoms with Gasteiger partial charge in [-0.2, -0.15) is 13.2 Å². The second-order valence-corrected chi connectivity index (χ2v) is 6.34. The molecule has 1 aromatic heterocycles. The quantitative estimate of drug-likeness (QED) is 0.788. The van der Waals surface area contributed by atoms with E-state index in [9.17, 15) is 18.0 Å². The van der Waals surface area contributed by atoms with Crippen LogP contribution in [0.4, 0.5) is 24.7 Å². The van der Waals surface area contributed by atoms with E-state index in [0.717, 1.165) is 63.7 Å². The maximum Gasteiger partial charge on any atom is 0.416 e. The fourth-order valence-electron chi connectivity index (χ4n) is 2.75. The number of amides is 1. The molecule has 1 aliphatic rings. The topological polar surface area (TPSA) is 66.5 Å². The number of benzene rings is 1. The van der Waals surface area contributed by atoms with Gasteiger partial charge in [0.2, 0.25) is 0 Å². The summed E-state index contributed by atoms with van der Waals surface area (Å²) in [6.45, 7) is 4.98. The van der Waals surface area contributed by atoms with Gasteiger partial charge in [0.1, 0.15) is 5.82 Å². The van der Waals surface area contributed by atoms with Crippen molar-refractivity contribution in [2.75, 3.05) is 50.0 Å². The zero-order valence-corrected chi connectivity index (χ0v) is 15.1. The van der Waals surface area contributed by atoms with Gasteiger partial charge >= 0.3 is 6.18 Å². The monoisotopic (exact) mass is 394 g/mol. The standard InChI is InChI=1S/C19H21F3N4O2/c20-19(21,22)15-3-1-14(2-4-15)18(27)25-16-5-6-17(24-13-16)23-7-8-26-9-11-28-12-10-26/h1-6,13H,7-12H2,(H,23,24)(H,25,27). The molecule has 2 heterocycles. The third kappa shape index (κ3) is 5.67. The molecule has 1 aliphatic heterocycles. The minimum absolute atomic E-state index is 0.140. The number of pyridine rings is 1. The second-order valence-electron chi connectivity index (χ2n) is 6.34. The predicted molar refractivity (Wildman–Crippen MR) is 99.4 cm³/mol. The molecule has 150 valence electrons. The van der Waals surface area contributed by atoms with Gasteiger partial charge in [-0.15, -0.1) is 0 Å². The number of halogens is 3. The van der Waals surface area contributed by atoms with Gasteiger partial charge in [0.15, 0.2) is 0 Å². The summed E-state index contributed by atoms with van der Waals surface area (Å²) in [6.07, 6.45) is -2.93. The Labute approximate surface area is 160 Å². The third-order valence-electron chi connectivity index (χ3n) is 4.33. The molecular weight excluding hydrogens is 373 g/mol. The van der Waals surface area contributed by atoms with E-state index in [2.05, 4.69) is 20.5 Å². The van der Waals surface area contributed by atoms with Gasteiger partial charge < -0.3 is 15.4 Å². The van der Waals surface area contributed by atoms with Crippen molar-refractivity contribution in [3.05, 3.63) is 53.7 Å². The molecule has 0 aliphatic carbocycles. The van der Waals surface area contributed by atoms with Crippen molar-refractivity contribution in [1.29, 1.82) is 0 Å². The van der Waals surface area contributed by atoms with E-state index in [-0.39, 0.29) is 5.56 Å². The number of morpholine rings is 1. The Morgan fingerprint density at radius 1 is 1.11 bits per heavy atom. The summed E-state index contributed by atoms with van der Waals surface area (Å²) in [6, 6.07) is 7.48. The van der Waals surface area contributed by atoms with Crippen molar-refractivity contribution in [3.8, 4) is 0 Å². The number of rotatable bonds is 6. The molecule has 1 aromatic carbocycles. The minimum Gasteiger partial charge on any atom is -0.379 e. The number of carbonyl (C=O) groups excluding carboxylic acids is 1. The van der Waals surface area contributed by atoms with Crippen LogP contribution in [-0.2, 0) is 10.9 Å². The van der Waals surface area contributed by atoms with Crippen LogP contribution in [0.5, 0.6) is 0 Å². The van der Waals surface area contributed by atoms with E-state index in [1.165, 1.54) is 6.20 Å². The Kier molecular flexibility index (Phi) is 6.48. The lowest BCUT2D eigenvalue weighted by Gasteiger charge is -2.26. The Hall–Kier alpha value is -2.65. The smallest absolute Gasteiger partial charge is 0.379 e. The van der Waals surface area contributed by atoms with Crippen LogP contribution in [0.1, 0.15) is 15.9 Å². The highest BCUT2D eigenvalue weighted by Crippen LogP contribution is 2.29. The normalized spacial score (nSPS) is 15.2. The number of nitrogens with one attached hydrogen (secondary N) is 2. The Morgan fingerprint density at radius 2 is 1.82 bits per heavy atom. The lowest BCUT2D eigenvalue weighted by atomic mass is 10.1.